The predicted octanol–water partition coefficient (Wildman–Crippen LogP) is 1.04. The van der Waals surface area contributed by atoms with E-state index in [2.05, 4.69) is 15.3 Å². The van der Waals surface area contributed by atoms with Crippen LogP contribution in [0.4, 0.5) is 0 Å². The maximum atomic E-state index is 12.1. The van der Waals surface area contributed by atoms with E-state index in [4.69, 9.17) is 14.5 Å². The zero-order valence-corrected chi connectivity index (χ0v) is 18.0. The largest absolute Gasteiger partial charge is 0.497 e. The highest BCUT2D eigenvalue weighted by atomic mass is 16.5. The molecule has 1 aromatic carbocycles. The third kappa shape index (κ3) is 5.73. The van der Waals surface area contributed by atoms with Crippen LogP contribution >= 0.6 is 0 Å². The number of ether oxygens (including phenoxy) is 2. The fraction of sp³-hybridized carbons (Fsp3) is 0.476. The lowest BCUT2D eigenvalue weighted by atomic mass is 10.1. The van der Waals surface area contributed by atoms with E-state index in [-0.39, 0.29) is 18.6 Å². The van der Waals surface area contributed by atoms with E-state index in [0.717, 1.165) is 16.9 Å². The van der Waals surface area contributed by atoms with Gasteiger partial charge in [0.25, 0.3) is 0 Å². The van der Waals surface area contributed by atoms with E-state index < -0.39 is 0 Å². The van der Waals surface area contributed by atoms with Crippen LogP contribution in [0.1, 0.15) is 17.2 Å². The number of carbonyl (C=O) groups excluding carboxylic acids is 1. The normalized spacial score (nSPS) is 17.0. The zero-order valence-electron chi connectivity index (χ0n) is 18.0. The lowest BCUT2D eigenvalue weighted by molar-refractivity contribution is -0.127. The fourth-order valence-electron chi connectivity index (χ4n) is 3.13. The van der Waals surface area contributed by atoms with Crippen molar-refractivity contribution < 1.29 is 14.3 Å². The summed E-state index contributed by atoms with van der Waals surface area (Å²) in [6, 6.07) is 7.81. The van der Waals surface area contributed by atoms with Crippen LogP contribution in [0, 0.1) is 0 Å². The summed E-state index contributed by atoms with van der Waals surface area (Å²) in [5, 5.41) is 7.47. The van der Waals surface area contributed by atoms with Crippen molar-refractivity contribution >= 4 is 11.9 Å². The summed E-state index contributed by atoms with van der Waals surface area (Å²) in [4.78, 5) is 20.6. The van der Waals surface area contributed by atoms with Crippen molar-refractivity contribution in [3.63, 3.8) is 0 Å². The van der Waals surface area contributed by atoms with E-state index in [0.29, 0.717) is 32.2 Å². The molecule has 1 aliphatic rings. The minimum absolute atomic E-state index is 0.00998. The Morgan fingerprint density at radius 3 is 2.77 bits per heavy atom. The van der Waals surface area contributed by atoms with Gasteiger partial charge in [0.15, 0.2) is 5.96 Å². The highest BCUT2D eigenvalue weighted by molar-refractivity contribution is 5.86. The molecule has 1 aromatic heterocycles. The number of methoxy groups -OCH3 is 1. The molecule has 1 amide bonds. The maximum Gasteiger partial charge on any atom is 0.241 e. The Balaban J connectivity index is 1.74. The molecule has 1 N–H and O–H groups in total. The lowest BCUT2D eigenvalue weighted by Crippen LogP contribution is -2.50. The van der Waals surface area contributed by atoms with E-state index in [1.54, 1.807) is 30.8 Å². The quantitative estimate of drug-likeness (QED) is 0.562. The molecule has 3 rings (SSSR count). The number of aliphatic imine (C=N–C) groups is 1. The molecule has 2 aromatic rings. The van der Waals surface area contributed by atoms with Crippen LogP contribution in [0.2, 0.25) is 0 Å². The van der Waals surface area contributed by atoms with Crippen LogP contribution in [-0.2, 0) is 23.1 Å². The smallest absolute Gasteiger partial charge is 0.241 e. The third-order valence-electron chi connectivity index (χ3n) is 4.93. The summed E-state index contributed by atoms with van der Waals surface area (Å²) < 4.78 is 12.9. The SMILES string of the molecule is COc1ccc(CN=C(NCC(=O)N(C)C)N2CCOC(c3cnn(C)c3)C2)cc1. The second-order valence-electron chi connectivity index (χ2n) is 7.38. The average molecular weight is 415 g/mol. The number of aromatic nitrogens is 2. The minimum atomic E-state index is -0.0926. The van der Waals surface area contributed by atoms with Crippen molar-refractivity contribution in [2.75, 3.05) is 47.4 Å². The molecule has 1 atom stereocenters. The summed E-state index contributed by atoms with van der Waals surface area (Å²) in [5.41, 5.74) is 2.09. The second-order valence-corrected chi connectivity index (χ2v) is 7.38. The standard InChI is InChI=1S/C21H30N6O3/c1-25(2)20(28)13-23-21(22-11-16-5-7-18(29-4)8-6-16)27-9-10-30-19(15-27)17-12-24-26(3)14-17/h5-8,12,14,19H,9-11,13,15H2,1-4H3,(H,22,23). The molecule has 0 aliphatic carbocycles. The molecule has 1 aliphatic heterocycles. The first kappa shape index (κ1) is 21.6. The van der Waals surface area contributed by atoms with E-state index in [1.807, 2.05) is 43.7 Å². The van der Waals surface area contributed by atoms with Crippen molar-refractivity contribution in [1.82, 2.24) is 24.9 Å². The van der Waals surface area contributed by atoms with Crippen LogP contribution in [0.5, 0.6) is 5.75 Å². The number of nitrogens with zero attached hydrogens (tertiary/aromatic N) is 5. The van der Waals surface area contributed by atoms with Gasteiger partial charge in [-0.1, -0.05) is 12.1 Å². The first-order chi connectivity index (χ1) is 14.5. The van der Waals surface area contributed by atoms with Gasteiger partial charge in [0.05, 0.1) is 39.5 Å². The summed E-state index contributed by atoms with van der Waals surface area (Å²) in [7, 11) is 7.02. The number of likely N-dealkylation sites (N-methyl/N-ethyl adjacent to an activating group) is 1. The van der Waals surface area contributed by atoms with Crippen molar-refractivity contribution in [3.8, 4) is 5.75 Å². The first-order valence-corrected chi connectivity index (χ1v) is 9.92. The van der Waals surface area contributed by atoms with Gasteiger partial charge in [0, 0.05) is 39.4 Å². The molecule has 30 heavy (non-hydrogen) atoms. The van der Waals surface area contributed by atoms with Gasteiger partial charge >= 0.3 is 0 Å². The number of morpholine rings is 1. The monoisotopic (exact) mass is 414 g/mol. The van der Waals surface area contributed by atoms with Crippen LogP contribution in [-0.4, -0.2) is 78.9 Å². The van der Waals surface area contributed by atoms with Gasteiger partial charge in [-0.3, -0.25) is 9.48 Å². The molecule has 9 heteroatoms. The number of benzene rings is 1. The third-order valence-corrected chi connectivity index (χ3v) is 4.93. The highest BCUT2D eigenvalue weighted by Crippen LogP contribution is 2.22. The van der Waals surface area contributed by atoms with Crippen LogP contribution < -0.4 is 10.1 Å². The van der Waals surface area contributed by atoms with Gasteiger partial charge in [-0.25, -0.2) is 4.99 Å². The number of hydrogen-bond acceptors (Lipinski definition) is 5. The first-order valence-electron chi connectivity index (χ1n) is 9.92. The number of rotatable bonds is 6. The van der Waals surface area contributed by atoms with E-state index in [1.165, 1.54) is 0 Å². The molecule has 0 radical (unpaired) electrons. The average Bonchev–Trinajstić information content (AvgIpc) is 3.20. The molecule has 2 heterocycles. The highest BCUT2D eigenvalue weighted by Gasteiger charge is 2.25. The number of nitrogens with one attached hydrogen (secondary N) is 1. The lowest BCUT2D eigenvalue weighted by Gasteiger charge is -2.35. The van der Waals surface area contributed by atoms with Crippen molar-refractivity contribution in [2.24, 2.45) is 12.0 Å². The van der Waals surface area contributed by atoms with Gasteiger partial charge < -0.3 is 24.6 Å². The predicted molar refractivity (Wildman–Crippen MR) is 114 cm³/mol. The number of amides is 1. The summed E-state index contributed by atoms with van der Waals surface area (Å²) in [6.07, 6.45) is 3.70. The Hall–Kier alpha value is -3.07. The number of aryl methyl sites for hydroxylation is 1. The van der Waals surface area contributed by atoms with E-state index >= 15 is 0 Å². The number of carbonyl (C=O) groups is 1. The summed E-state index contributed by atoms with van der Waals surface area (Å²) in [6.45, 7) is 2.59. The van der Waals surface area contributed by atoms with Gasteiger partial charge in [-0.2, -0.15) is 5.10 Å². The van der Waals surface area contributed by atoms with Crippen molar-refractivity contribution in [2.45, 2.75) is 12.6 Å². The van der Waals surface area contributed by atoms with Crippen molar-refractivity contribution in [1.29, 1.82) is 0 Å². The number of guanidine groups is 1. The molecule has 0 bridgehead atoms. The van der Waals surface area contributed by atoms with Crippen LogP contribution in [0.25, 0.3) is 0 Å². The van der Waals surface area contributed by atoms with Crippen LogP contribution in [0.3, 0.4) is 0 Å². The van der Waals surface area contributed by atoms with Gasteiger partial charge in [0.2, 0.25) is 5.91 Å². The van der Waals surface area contributed by atoms with Crippen molar-refractivity contribution in [3.05, 3.63) is 47.8 Å². The van der Waals surface area contributed by atoms with Crippen LogP contribution in [0.15, 0.2) is 41.7 Å². The van der Waals surface area contributed by atoms with Gasteiger partial charge in [-0.15, -0.1) is 0 Å². The number of hydrogen-bond donors (Lipinski definition) is 1. The molecule has 162 valence electrons. The molecule has 9 nitrogen and oxygen atoms in total. The Bertz CT molecular complexity index is 862. The van der Waals surface area contributed by atoms with Gasteiger partial charge in [0.1, 0.15) is 11.9 Å². The van der Waals surface area contributed by atoms with E-state index in [9.17, 15) is 4.79 Å². The Morgan fingerprint density at radius 2 is 2.13 bits per heavy atom. The topological polar surface area (TPSA) is 84.2 Å². The second kappa shape index (κ2) is 10.1. The molecular formula is C21H30N6O3. The maximum absolute atomic E-state index is 12.1. The molecule has 1 saturated heterocycles. The molecule has 1 fully saturated rings. The Morgan fingerprint density at radius 1 is 1.37 bits per heavy atom. The Kier molecular flexibility index (Phi) is 7.29. The zero-order chi connectivity index (χ0) is 21.5. The molecule has 0 spiro atoms. The molecule has 1 unspecified atom stereocenters. The molecule has 0 saturated carbocycles. The minimum Gasteiger partial charge on any atom is -0.497 e. The molecular weight excluding hydrogens is 384 g/mol. The summed E-state index contributed by atoms with van der Waals surface area (Å²) >= 11 is 0. The summed E-state index contributed by atoms with van der Waals surface area (Å²) in [5.74, 6) is 1.49. The fourth-order valence-corrected chi connectivity index (χ4v) is 3.13. The Labute approximate surface area is 177 Å². The van der Waals surface area contributed by atoms with Gasteiger partial charge in [-0.05, 0) is 17.7 Å².